The minimum atomic E-state index is 0.649. The van der Waals surface area contributed by atoms with Gasteiger partial charge in [-0.1, -0.05) is 60.7 Å². The zero-order chi connectivity index (χ0) is 12.9. The van der Waals surface area contributed by atoms with E-state index in [1.54, 1.807) is 0 Å². The van der Waals surface area contributed by atoms with Gasteiger partial charge in [0, 0.05) is 12.1 Å². The Hall–Kier alpha value is -1.60. The predicted octanol–water partition coefficient (Wildman–Crippen LogP) is 3.59. The average Bonchev–Trinajstić information content (AvgIpc) is 2.88. The van der Waals surface area contributed by atoms with Crippen molar-refractivity contribution in [3.8, 4) is 0 Å². The highest BCUT2D eigenvalue weighted by molar-refractivity contribution is 5.18. The summed E-state index contributed by atoms with van der Waals surface area (Å²) in [6, 6.07) is 22.9. The van der Waals surface area contributed by atoms with Crippen molar-refractivity contribution in [2.24, 2.45) is 0 Å². The molecule has 19 heavy (non-hydrogen) atoms. The first kappa shape index (κ1) is 12.4. The van der Waals surface area contributed by atoms with Crippen molar-refractivity contribution in [1.82, 2.24) is 5.32 Å². The minimum Gasteiger partial charge on any atom is -0.311 e. The molecule has 2 aromatic rings. The molecule has 1 aliphatic heterocycles. The molecule has 0 aromatic heterocycles. The van der Waals surface area contributed by atoms with Crippen molar-refractivity contribution in [1.29, 1.82) is 0 Å². The van der Waals surface area contributed by atoms with Crippen LogP contribution in [0.5, 0.6) is 0 Å². The van der Waals surface area contributed by atoms with E-state index in [9.17, 15) is 0 Å². The van der Waals surface area contributed by atoms with E-state index in [1.807, 2.05) is 0 Å². The van der Waals surface area contributed by atoms with Gasteiger partial charge in [-0.05, 0) is 36.8 Å². The Morgan fingerprint density at radius 1 is 0.684 bits per heavy atom. The Labute approximate surface area is 115 Å². The molecule has 0 unspecified atom stereocenters. The Balaban J connectivity index is 1.53. The van der Waals surface area contributed by atoms with E-state index >= 15 is 0 Å². The first-order valence-electron chi connectivity index (χ1n) is 7.24. The second kappa shape index (κ2) is 6.03. The normalized spacial score (nSPS) is 22.5. The van der Waals surface area contributed by atoms with Crippen LogP contribution in [-0.2, 0) is 12.8 Å². The van der Waals surface area contributed by atoms with Gasteiger partial charge in [-0.25, -0.2) is 0 Å². The van der Waals surface area contributed by atoms with Gasteiger partial charge in [-0.2, -0.15) is 0 Å². The summed E-state index contributed by atoms with van der Waals surface area (Å²) in [4.78, 5) is 0. The van der Waals surface area contributed by atoms with Gasteiger partial charge in [0.2, 0.25) is 0 Å². The topological polar surface area (TPSA) is 12.0 Å². The Kier molecular flexibility index (Phi) is 3.95. The molecular formula is C18H21N. The standard InChI is InChI=1S/C18H21N/c1-3-7-15(8-4-1)13-17-11-12-18(19-17)14-16-9-5-2-6-10-16/h1-10,17-19H,11-14H2/t17-,18-/m0/s1. The van der Waals surface area contributed by atoms with Gasteiger partial charge in [0.05, 0.1) is 0 Å². The highest BCUT2D eigenvalue weighted by Crippen LogP contribution is 2.19. The molecule has 0 amide bonds. The van der Waals surface area contributed by atoms with Gasteiger partial charge in [0.15, 0.2) is 0 Å². The van der Waals surface area contributed by atoms with Crippen LogP contribution in [0.3, 0.4) is 0 Å². The van der Waals surface area contributed by atoms with Crippen LogP contribution in [0.15, 0.2) is 60.7 Å². The monoisotopic (exact) mass is 251 g/mol. The average molecular weight is 251 g/mol. The van der Waals surface area contributed by atoms with Gasteiger partial charge in [0.1, 0.15) is 0 Å². The summed E-state index contributed by atoms with van der Waals surface area (Å²) in [6.45, 7) is 0. The Morgan fingerprint density at radius 2 is 1.11 bits per heavy atom. The fourth-order valence-corrected chi connectivity index (χ4v) is 3.02. The molecule has 3 rings (SSSR count). The molecule has 1 N–H and O–H groups in total. The van der Waals surface area contributed by atoms with E-state index in [-0.39, 0.29) is 0 Å². The molecule has 1 fully saturated rings. The van der Waals surface area contributed by atoms with Crippen LogP contribution in [0.4, 0.5) is 0 Å². The molecule has 0 bridgehead atoms. The summed E-state index contributed by atoms with van der Waals surface area (Å²) >= 11 is 0. The smallest absolute Gasteiger partial charge is 0.0111 e. The second-order valence-electron chi connectivity index (χ2n) is 5.52. The lowest BCUT2D eigenvalue weighted by Crippen LogP contribution is -2.32. The molecular weight excluding hydrogens is 230 g/mol. The minimum absolute atomic E-state index is 0.649. The Morgan fingerprint density at radius 3 is 1.53 bits per heavy atom. The number of hydrogen-bond acceptors (Lipinski definition) is 1. The summed E-state index contributed by atoms with van der Waals surface area (Å²) < 4.78 is 0. The van der Waals surface area contributed by atoms with Crippen LogP contribution >= 0.6 is 0 Å². The maximum Gasteiger partial charge on any atom is 0.0111 e. The van der Waals surface area contributed by atoms with E-state index in [2.05, 4.69) is 66.0 Å². The largest absolute Gasteiger partial charge is 0.311 e. The zero-order valence-electron chi connectivity index (χ0n) is 11.3. The summed E-state index contributed by atoms with van der Waals surface area (Å²) in [5.74, 6) is 0. The lowest BCUT2D eigenvalue weighted by atomic mass is 10.0. The first-order valence-corrected chi connectivity index (χ1v) is 7.24. The molecule has 0 aliphatic carbocycles. The van der Waals surface area contributed by atoms with Crippen LogP contribution in [0.1, 0.15) is 24.0 Å². The highest BCUT2D eigenvalue weighted by atomic mass is 15.0. The molecule has 0 radical (unpaired) electrons. The van der Waals surface area contributed by atoms with Crippen molar-refractivity contribution < 1.29 is 0 Å². The third-order valence-electron chi connectivity index (χ3n) is 3.98. The van der Waals surface area contributed by atoms with Crippen LogP contribution in [-0.4, -0.2) is 12.1 Å². The van der Waals surface area contributed by atoms with Gasteiger partial charge >= 0.3 is 0 Å². The number of benzene rings is 2. The summed E-state index contributed by atoms with van der Waals surface area (Å²) in [5.41, 5.74) is 2.89. The SMILES string of the molecule is c1ccc(C[C@@H]2CC[C@@H](Cc3ccccc3)N2)cc1. The molecule has 1 aliphatic rings. The van der Waals surface area contributed by atoms with E-state index < -0.39 is 0 Å². The van der Waals surface area contributed by atoms with Crippen molar-refractivity contribution in [3.05, 3.63) is 71.8 Å². The molecule has 0 spiro atoms. The summed E-state index contributed by atoms with van der Waals surface area (Å²) in [5, 5.41) is 3.79. The van der Waals surface area contributed by atoms with Gasteiger partial charge in [-0.15, -0.1) is 0 Å². The molecule has 1 heteroatoms. The summed E-state index contributed by atoms with van der Waals surface area (Å²) in [6.07, 6.45) is 4.91. The Bertz CT molecular complexity index is 444. The van der Waals surface area contributed by atoms with Crippen molar-refractivity contribution >= 4 is 0 Å². The maximum absolute atomic E-state index is 3.79. The maximum atomic E-state index is 3.79. The predicted molar refractivity (Wildman–Crippen MR) is 80.2 cm³/mol. The van der Waals surface area contributed by atoms with Crippen molar-refractivity contribution in [2.75, 3.05) is 0 Å². The van der Waals surface area contributed by atoms with E-state index in [0.717, 1.165) is 12.8 Å². The third kappa shape index (κ3) is 3.45. The van der Waals surface area contributed by atoms with Crippen molar-refractivity contribution in [3.63, 3.8) is 0 Å². The number of hydrogen-bond donors (Lipinski definition) is 1. The number of rotatable bonds is 4. The van der Waals surface area contributed by atoms with Crippen LogP contribution in [0.25, 0.3) is 0 Å². The molecule has 1 nitrogen and oxygen atoms in total. The third-order valence-corrected chi connectivity index (χ3v) is 3.98. The van der Waals surface area contributed by atoms with Gasteiger partial charge in [0.25, 0.3) is 0 Å². The molecule has 2 atom stereocenters. The highest BCUT2D eigenvalue weighted by Gasteiger charge is 2.23. The van der Waals surface area contributed by atoms with Crippen LogP contribution in [0, 0.1) is 0 Å². The fourth-order valence-electron chi connectivity index (χ4n) is 3.02. The van der Waals surface area contributed by atoms with E-state index in [1.165, 1.54) is 24.0 Å². The van der Waals surface area contributed by atoms with E-state index in [4.69, 9.17) is 0 Å². The number of nitrogens with one attached hydrogen (secondary N) is 1. The van der Waals surface area contributed by atoms with Crippen LogP contribution in [0.2, 0.25) is 0 Å². The molecule has 98 valence electrons. The molecule has 1 saturated heterocycles. The van der Waals surface area contributed by atoms with E-state index in [0.29, 0.717) is 12.1 Å². The van der Waals surface area contributed by atoms with Crippen LogP contribution < -0.4 is 5.32 Å². The zero-order valence-corrected chi connectivity index (χ0v) is 11.3. The lowest BCUT2D eigenvalue weighted by molar-refractivity contribution is 0.532. The molecule has 0 saturated carbocycles. The molecule has 2 aromatic carbocycles. The van der Waals surface area contributed by atoms with Crippen molar-refractivity contribution in [2.45, 2.75) is 37.8 Å². The second-order valence-corrected chi connectivity index (χ2v) is 5.52. The fraction of sp³-hybridized carbons (Fsp3) is 0.333. The quantitative estimate of drug-likeness (QED) is 0.875. The van der Waals surface area contributed by atoms with Gasteiger partial charge in [-0.3, -0.25) is 0 Å². The first-order chi connectivity index (χ1) is 9.40. The molecule has 1 heterocycles. The van der Waals surface area contributed by atoms with Gasteiger partial charge < -0.3 is 5.32 Å². The summed E-state index contributed by atoms with van der Waals surface area (Å²) in [7, 11) is 0. The lowest BCUT2D eigenvalue weighted by Gasteiger charge is -2.14.